The summed E-state index contributed by atoms with van der Waals surface area (Å²) in [6.45, 7) is 8.26. The van der Waals surface area contributed by atoms with Crippen LogP contribution in [0, 0.1) is 13.8 Å². The monoisotopic (exact) mass is 361 g/mol. The summed E-state index contributed by atoms with van der Waals surface area (Å²) in [5.41, 5.74) is 3.04. The zero-order valence-electron chi connectivity index (χ0n) is 14.0. The third kappa shape index (κ3) is 5.06. The average molecular weight is 362 g/mol. The minimum atomic E-state index is -0.0801. The van der Waals surface area contributed by atoms with E-state index in [1.54, 1.807) is 4.68 Å². The Morgan fingerprint density at radius 3 is 2.52 bits per heavy atom. The zero-order chi connectivity index (χ0) is 15.4. The summed E-state index contributed by atoms with van der Waals surface area (Å²) in [5, 5.41) is 11.4. The van der Waals surface area contributed by atoms with E-state index in [1.165, 1.54) is 0 Å². The van der Waals surface area contributed by atoms with Gasteiger partial charge in [0.25, 0.3) is 5.91 Å². The van der Waals surface area contributed by atoms with Gasteiger partial charge in [0, 0.05) is 25.5 Å². The van der Waals surface area contributed by atoms with Crippen molar-refractivity contribution < 1.29 is 4.79 Å². The van der Waals surface area contributed by atoms with Crippen LogP contribution in [-0.4, -0.2) is 40.3 Å². The second-order valence-electron chi connectivity index (χ2n) is 5.21. The Morgan fingerprint density at radius 2 is 1.87 bits per heavy atom. The lowest BCUT2D eigenvalue weighted by Gasteiger charge is -2.08. The number of aromatic nitrogens is 3. The van der Waals surface area contributed by atoms with Crippen LogP contribution in [0.15, 0.2) is 6.07 Å². The van der Waals surface area contributed by atoms with Gasteiger partial charge in [-0.25, -0.2) is 4.98 Å². The average Bonchev–Trinajstić information content (AvgIpc) is 2.72. The summed E-state index contributed by atoms with van der Waals surface area (Å²) in [4.78, 5) is 16.8. The largest absolute Gasteiger partial charge is 0.351 e. The first-order valence-electron chi connectivity index (χ1n) is 7.34. The number of nitrogens with one attached hydrogen (secondary N) is 2. The van der Waals surface area contributed by atoms with Crippen molar-refractivity contribution in [2.45, 2.75) is 27.2 Å². The Bertz CT molecular complexity index is 657. The molecule has 1 amide bonds. The first-order chi connectivity index (χ1) is 10.0. The Morgan fingerprint density at radius 1 is 1.17 bits per heavy atom. The maximum absolute atomic E-state index is 12.3. The van der Waals surface area contributed by atoms with E-state index in [9.17, 15) is 4.79 Å². The summed E-state index contributed by atoms with van der Waals surface area (Å²) >= 11 is 0. The number of aryl methyl sites for hydroxylation is 3. The highest BCUT2D eigenvalue weighted by molar-refractivity contribution is 5.98. The molecular formula is C15H25Cl2N5O. The van der Waals surface area contributed by atoms with Crippen LogP contribution in [0.4, 0.5) is 0 Å². The number of fused-ring (bicyclic) bond motifs is 1. The highest BCUT2D eigenvalue weighted by Gasteiger charge is 2.14. The van der Waals surface area contributed by atoms with Crippen LogP contribution >= 0.6 is 24.8 Å². The van der Waals surface area contributed by atoms with E-state index < -0.39 is 0 Å². The van der Waals surface area contributed by atoms with Crippen LogP contribution in [0.25, 0.3) is 11.0 Å². The number of pyridine rings is 1. The molecule has 2 aromatic heterocycles. The van der Waals surface area contributed by atoms with Crippen LogP contribution in [-0.2, 0) is 7.05 Å². The molecule has 0 fully saturated rings. The highest BCUT2D eigenvalue weighted by Crippen LogP contribution is 2.19. The summed E-state index contributed by atoms with van der Waals surface area (Å²) in [5.74, 6) is -0.0801. The molecule has 2 rings (SSSR count). The first kappa shape index (κ1) is 21.6. The predicted molar refractivity (Wildman–Crippen MR) is 98.0 cm³/mol. The van der Waals surface area contributed by atoms with Crippen LogP contribution in [0.3, 0.4) is 0 Å². The number of rotatable bonds is 6. The normalized spacial score (nSPS) is 10.1. The molecule has 6 nitrogen and oxygen atoms in total. The first-order valence-corrected chi connectivity index (χ1v) is 7.34. The lowest BCUT2D eigenvalue weighted by molar-refractivity contribution is 0.0953. The van der Waals surface area contributed by atoms with Gasteiger partial charge in [-0.05, 0) is 32.9 Å². The summed E-state index contributed by atoms with van der Waals surface area (Å²) in [7, 11) is 1.86. The molecule has 2 heterocycles. The van der Waals surface area contributed by atoms with E-state index in [2.05, 4.69) is 27.6 Å². The second kappa shape index (κ2) is 9.70. The third-order valence-corrected chi connectivity index (χ3v) is 3.45. The van der Waals surface area contributed by atoms with Crippen LogP contribution < -0.4 is 10.6 Å². The van der Waals surface area contributed by atoms with Crippen molar-refractivity contribution >= 4 is 41.8 Å². The van der Waals surface area contributed by atoms with Crippen molar-refractivity contribution in [1.29, 1.82) is 0 Å². The van der Waals surface area contributed by atoms with Crippen LogP contribution in [0.2, 0.25) is 0 Å². The van der Waals surface area contributed by atoms with Crippen LogP contribution in [0.1, 0.15) is 35.1 Å². The molecule has 0 radical (unpaired) electrons. The quantitative estimate of drug-likeness (QED) is 0.773. The molecule has 0 saturated carbocycles. The maximum atomic E-state index is 12.3. The fourth-order valence-corrected chi connectivity index (χ4v) is 2.32. The van der Waals surface area contributed by atoms with E-state index in [1.807, 2.05) is 27.0 Å². The number of nitrogens with zero attached hydrogens (tertiary/aromatic N) is 3. The van der Waals surface area contributed by atoms with Crippen molar-refractivity contribution in [3.05, 3.63) is 23.0 Å². The molecule has 2 N–H and O–H groups in total. The zero-order valence-corrected chi connectivity index (χ0v) is 15.6. The Balaban J connectivity index is 0.00000242. The third-order valence-electron chi connectivity index (χ3n) is 3.45. The molecular weight excluding hydrogens is 337 g/mol. The van der Waals surface area contributed by atoms with Gasteiger partial charge >= 0.3 is 0 Å². The van der Waals surface area contributed by atoms with E-state index in [4.69, 9.17) is 0 Å². The SMILES string of the molecule is CCCNCCNC(=O)c1cc2c(C)nn(C)c2nc1C.Cl.Cl. The van der Waals surface area contributed by atoms with Gasteiger partial charge in [0.15, 0.2) is 5.65 Å². The van der Waals surface area contributed by atoms with Gasteiger partial charge in [-0.15, -0.1) is 24.8 Å². The van der Waals surface area contributed by atoms with E-state index in [0.717, 1.165) is 41.9 Å². The fraction of sp³-hybridized carbons (Fsp3) is 0.533. The van der Waals surface area contributed by atoms with Crippen molar-refractivity contribution in [3.63, 3.8) is 0 Å². The summed E-state index contributed by atoms with van der Waals surface area (Å²) < 4.78 is 1.74. The van der Waals surface area contributed by atoms with Crippen molar-refractivity contribution in [2.75, 3.05) is 19.6 Å². The molecule has 23 heavy (non-hydrogen) atoms. The minimum absolute atomic E-state index is 0. The number of amides is 1. The number of carbonyl (C=O) groups excluding carboxylic acids is 1. The fourth-order valence-electron chi connectivity index (χ4n) is 2.32. The van der Waals surface area contributed by atoms with Gasteiger partial charge < -0.3 is 10.6 Å². The highest BCUT2D eigenvalue weighted by atomic mass is 35.5. The minimum Gasteiger partial charge on any atom is -0.351 e. The molecule has 0 saturated heterocycles. The smallest absolute Gasteiger partial charge is 0.253 e. The predicted octanol–water partition coefficient (Wildman–Crippen LogP) is 2.16. The topological polar surface area (TPSA) is 71.8 Å². The number of hydrogen-bond donors (Lipinski definition) is 2. The molecule has 0 bridgehead atoms. The van der Waals surface area contributed by atoms with E-state index in [-0.39, 0.29) is 30.7 Å². The molecule has 0 unspecified atom stereocenters. The molecule has 8 heteroatoms. The van der Waals surface area contributed by atoms with Crippen molar-refractivity contribution in [1.82, 2.24) is 25.4 Å². The molecule has 0 aliphatic carbocycles. The van der Waals surface area contributed by atoms with E-state index >= 15 is 0 Å². The molecule has 0 aliphatic rings. The van der Waals surface area contributed by atoms with Gasteiger partial charge in [0.05, 0.1) is 17.0 Å². The molecule has 2 aromatic rings. The number of hydrogen-bond acceptors (Lipinski definition) is 4. The molecule has 0 spiro atoms. The lowest BCUT2D eigenvalue weighted by atomic mass is 10.1. The van der Waals surface area contributed by atoms with Gasteiger partial charge in [-0.3, -0.25) is 9.48 Å². The van der Waals surface area contributed by atoms with Gasteiger partial charge in [-0.2, -0.15) is 5.10 Å². The van der Waals surface area contributed by atoms with Gasteiger partial charge in [0.1, 0.15) is 0 Å². The van der Waals surface area contributed by atoms with Crippen LogP contribution in [0.5, 0.6) is 0 Å². The van der Waals surface area contributed by atoms with Gasteiger partial charge in [0.2, 0.25) is 0 Å². The molecule has 0 aromatic carbocycles. The summed E-state index contributed by atoms with van der Waals surface area (Å²) in [6.07, 6.45) is 1.09. The molecule has 130 valence electrons. The molecule has 0 aliphatic heterocycles. The molecule has 0 atom stereocenters. The standard InChI is InChI=1S/C15H23N5O.2ClH/c1-5-6-16-7-8-17-15(21)13-9-12-11(3)19-20(4)14(12)18-10(13)2;;/h9,16H,5-8H2,1-4H3,(H,17,21);2*1H. The summed E-state index contributed by atoms with van der Waals surface area (Å²) in [6, 6.07) is 1.88. The Kier molecular flexibility index (Phi) is 9.12. The lowest BCUT2D eigenvalue weighted by Crippen LogP contribution is -2.32. The second-order valence-corrected chi connectivity index (χ2v) is 5.21. The van der Waals surface area contributed by atoms with E-state index in [0.29, 0.717) is 12.1 Å². The Hall–Kier alpha value is -1.37. The number of carbonyl (C=O) groups is 1. The van der Waals surface area contributed by atoms with Crippen molar-refractivity contribution in [2.24, 2.45) is 7.05 Å². The maximum Gasteiger partial charge on any atom is 0.253 e. The Labute approximate surface area is 149 Å². The van der Waals surface area contributed by atoms with Crippen molar-refractivity contribution in [3.8, 4) is 0 Å². The van der Waals surface area contributed by atoms with Gasteiger partial charge in [-0.1, -0.05) is 6.92 Å². The number of halogens is 2.